The van der Waals surface area contributed by atoms with Crippen LogP contribution in [0.4, 0.5) is 0 Å². The van der Waals surface area contributed by atoms with Gasteiger partial charge in [-0.05, 0) is 12.5 Å². The Morgan fingerprint density at radius 2 is 2.07 bits per heavy atom. The molecule has 0 aliphatic carbocycles. The molecule has 0 fully saturated rings. The lowest BCUT2D eigenvalue weighted by Crippen LogP contribution is -2.07. The number of rotatable bonds is 5. The minimum Gasteiger partial charge on any atom is -0.384 e. The largest absolute Gasteiger partial charge is 0.384 e. The summed E-state index contributed by atoms with van der Waals surface area (Å²) in [5, 5.41) is 0. The van der Waals surface area contributed by atoms with Gasteiger partial charge in [-0.2, -0.15) is 0 Å². The first-order chi connectivity index (χ1) is 6.88. The quantitative estimate of drug-likeness (QED) is 0.655. The summed E-state index contributed by atoms with van der Waals surface area (Å²) in [5.41, 5.74) is 1.26. The van der Waals surface area contributed by atoms with E-state index in [0.29, 0.717) is 6.61 Å². The molecule has 0 saturated heterocycles. The van der Waals surface area contributed by atoms with Gasteiger partial charge < -0.3 is 4.74 Å². The van der Waals surface area contributed by atoms with Crippen LogP contribution in [-0.2, 0) is 4.74 Å². The fourth-order valence-corrected chi connectivity index (χ4v) is 1.34. The fraction of sp³-hybridized carbons (Fsp3) is 0.417. The van der Waals surface area contributed by atoms with E-state index in [1.54, 1.807) is 7.11 Å². The van der Waals surface area contributed by atoms with Crippen LogP contribution in [0.2, 0.25) is 0 Å². The molecule has 0 bridgehead atoms. The maximum Gasteiger partial charge on any atom is 0.0580 e. The van der Waals surface area contributed by atoms with Gasteiger partial charge in [0.25, 0.3) is 0 Å². The second-order valence-electron chi connectivity index (χ2n) is 3.12. The first-order valence-corrected chi connectivity index (χ1v) is 4.92. The Morgan fingerprint density at radius 1 is 1.36 bits per heavy atom. The number of hydrogen-bond acceptors (Lipinski definition) is 2. The zero-order valence-corrected chi connectivity index (χ0v) is 8.81. The predicted molar refractivity (Wildman–Crippen MR) is 60.1 cm³/mol. The van der Waals surface area contributed by atoms with E-state index in [2.05, 4.69) is 17.1 Å². The highest BCUT2D eigenvalue weighted by molar-refractivity contribution is 5.68. The SMILES string of the molecule is CCN=CC(COC)c1ccccc1. The van der Waals surface area contributed by atoms with E-state index in [-0.39, 0.29) is 5.92 Å². The highest BCUT2D eigenvalue weighted by atomic mass is 16.5. The number of nitrogens with zero attached hydrogens (tertiary/aromatic N) is 1. The van der Waals surface area contributed by atoms with E-state index >= 15 is 0 Å². The van der Waals surface area contributed by atoms with E-state index in [1.165, 1.54) is 5.56 Å². The third-order valence-corrected chi connectivity index (χ3v) is 2.04. The number of benzene rings is 1. The molecule has 2 heteroatoms. The second-order valence-corrected chi connectivity index (χ2v) is 3.12. The van der Waals surface area contributed by atoms with Crippen LogP contribution < -0.4 is 0 Å². The Hall–Kier alpha value is -1.15. The van der Waals surface area contributed by atoms with Crippen molar-refractivity contribution in [2.75, 3.05) is 20.3 Å². The van der Waals surface area contributed by atoms with Gasteiger partial charge >= 0.3 is 0 Å². The van der Waals surface area contributed by atoms with Crippen molar-refractivity contribution < 1.29 is 4.74 Å². The Kier molecular flexibility index (Phi) is 4.94. The predicted octanol–water partition coefficient (Wildman–Crippen LogP) is 2.51. The molecule has 14 heavy (non-hydrogen) atoms. The zero-order chi connectivity index (χ0) is 10.2. The van der Waals surface area contributed by atoms with E-state index in [4.69, 9.17) is 4.74 Å². The van der Waals surface area contributed by atoms with Gasteiger partial charge in [-0.1, -0.05) is 30.3 Å². The molecular weight excluding hydrogens is 174 g/mol. The molecule has 1 rings (SSSR count). The van der Waals surface area contributed by atoms with Crippen LogP contribution >= 0.6 is 0 Å². The normalized spacial score (nSPS) is 13.3. The molecule has 1 aromatic rings. The Balaban J connectivity index is 2.72. The number of aliphatic imine (C=N–C) groups is 1. The van der Waals surface area contributed by atoms with E-state index < -0.39 is 0 Å². The van der Waals surface area contributed by atoms with Crippen LogP contribution in [0.25, 0.3) is 0 Å². The first-order valence-electron chi connectivity index (χ1n) is 4.92. The minimum atomic E-state index is 0.279. The van der Waals surface area contributed by atoms with Crippen LogP contribution in [0.1, 0.15) is 18.4 Å². The molecule has 0 radical (unpaired) electrons. The van der Waals surface area contributed by atoms with Crippen LogP contribution in [0.15, 0.2) is 35.3 Å². The lowest BCUT2D eigenvalue weighted by atomic mass is 10.0. The lowest BCUT2D eigenvalue weighted by molar-refractivity contribution is 0.196. The molecule has 0 aliphatic heterocycles. The summed E-state index contributed by atoms with van der Waals surface area (Å²) in [4.78, 5) is 4.26. The van der Waals surface area contributed by atoms with Gasteiger partial charge in [-0.25, -0.2) is 0 Å². The van der Waals surface area contributed by atoms with Crippen molar-refractivity contribution in [2.24, 2.45) is 4.99 Å². The van der Waals surface area contributed by atoms with Gasteiger partial charge in [0.15, 0.2) is 0 Å². The molecule has 0 aliphatic rings. The van der Waals surface area contributed by atoms with Crippen molar-refractivity contribution in [2.45, 2.75) is 12.8 Å². The number of hydrogen-bond donors (Lipinski definition) is 0. The molecule has 1 unspecified atom stereocenters. The molecule has 0 spiro atoms. The smallest absolute Gasteiger partial charge is 0.0580 e. The van der Waals surface area contributed by atoms with Gasteiger partial charge in [-0.15, -0.1) is 0 Å². The maximum atomic E-state index is 5.16. The van der Waals surface area contributed by atoms with Crippen molar-refractivity contribution >= 4 is 6.21 Å². The summed E-state index contributed by atoms with van der Waals surface area (Å²) in [6.07, 6.45) is 1.97. The second kappa shape index (κ2) is 6.33. The van der Waals surface area contributed by atoms with E-state index in [1.807, 2.05) is 31.3 Å². The van der Waals surface area contributed by atoms with Crippen molar-refractivity contribution in [3.8, 4) is 0 Å². The van der Waals surface area contributed by atoms with Crippen molar-refractivity contribution in [1.29, 1.82) is 0 Å². The molecule has 0 aromatic heterocycles. The standard InChI is InChI=1S/C12H17NO/c1-3-13-9-12(10-14-2)11-7-5-4-6-8-11/h4-9,12H,3,10H2,1-2H3. The van der Waals surface area contributed by atoms with Crippen molar-refractivity contribution in [3.63, 3.8) is 0 Å². The molecule has 2 nitrogen and oxygen atoms in total. The average molecular weight is 191 g/mol. The topological polar surface area (TPSA) is 21.6 Å². The summed E-state index contributed by atoms with van der Waals surface area (Å²) >= 11 is 0. The monoisotopic (exact) mass is 191 g/mol. The van der Waals surface area contributed by atoms with E-state index in [9.17, 15) is 0 Å². The molecule has 0 heterocycles. The highest BCUT2D eigenvalue weighted by Crippen LogP contribution is 2.13. The molecule has 0 N–H and O–H groups in total. The van der Waals surface area contributed by atoms with Gasteiger partial charge in [-0.3, -0.25) is 4.99 Å². The molecule has 1 atom stereocenters. The molecular formula is C12H17NO. The van der Waals surface area contributed by atoms with Crippen molar-refractivity contribution in [3.05, 3.63) is 35.9 Å². The Morgan fingerprint density at radius 3 is 2.64 bits per heavy atom. The van der Waals surface area contributed by atoms with Gasteiger partial charge in [0, 0.05) is 25.8 Å². The number of methoxy groups -OCH3 is 1. The number of ether oxygens (including phenoxy) is 1. The third-order valence-electron chi connectivity index (χ3n) is 2.04. The summed E-state index contributed by atoms with van der Waals surface area (Å²) in [7, 11) is 1.72. The van der Waals surface area contributed by atoms with Gasteiger partial charge in [0.2, 0.25) is 0 Å². The lowest BCUT2D eigenvalue weighted by Gasteiger charge is -2.10. The van der Waals surface area contributed by atoms with E-state index in [0.717, 1.165) is 6.54 Å². The first kappa shape index (κ1) is 10.9. The molecule has 76 valence electrons. The molecule has 0 amide bonds. The summed E-state index contributed by atoms with van der Waals surface area (Å²) in [6.45, 7) is 3.55. The van der Waals surface area contributed by atoms with Crippen LogP contribution in [0.5, 0.6) is 0 Å². The Labute approximate surface area is 85.6 Å². The maximum absolute atomic E-state index is 5.16. The molecule has 0 saturated carbocycles. The van der Waals surface area contributed by atoms with Crippen LogP contribution in [0, 0.1) is 0 Å². The van der Waals surface area contributed by atoms with Crippen molar-refractivity contribution in [1.82, 2.24) is 0 Å². The summed E-state index contributed by atoms with van der Waals surface area (Å²) < 4.78 is 5.16. The third kappa shape index (κ3) is 3.30. The average Bonchev–Trinajstić information content (AvgIpc) is 2.25. The highest BCUT2D eigenvalue weighted by Gasteiger charge is 2.06. The van der Waals surface area contributed by atoms with Crippen LogP contribution in [-0.4, -0.2) is 26.5 Å². The zero-order valence-electron chi connectivity index (χ0n) is 8.81. The fourth-order valence-electron chi connectivity index (χ4n) is 1.34. The van der Waals surface area contributed by atoms with Gasteiger partial charge in [0.1, 0.15) is 0 Å². The minimum absolute atomic E-state index is 0.279. The Bertz CT molecular complexity index is 269. The summed E-state index contributed by atoms with van der Waals surface area (Å²) in [5.74, 6) is 0.279. The molecule has 1 aromatic carbocycles. The summed E-state index contributed by atoms with van der Waals surface area (Å²) in [6, 6.07) is 10.3. The van der Waals surface area contributed by atoms with Crippen LogP contribution in [0.3, 0.4) is 0 Å². The van der Waals surface area contributed by atoms with Gasteiger partial charge in [0.05, 0.1) is 6.61 Å².